The number of nitrogens with zero attached hydrogens (tertiary/aromatic N) is 4. The second-order valence-corrected chi connectivity index (χ2v) is 8.72. The van der Waals surface area contributed by atoms with Gasteiger partial charge in [0, 0.05) is 44.3 Å². The van der Waals surface area contributed by atoms with Crippen molar-refractivity contribution in [1.29, 1.82) is 0 Å². The van der Waals surface area contributed by atoms with Crippen molar-refractivity contribution < 1.29 is 9.90 Å². The molecule has 6 nitrogen and oxygen atoms in total. The third-order valence-electron chi connectivity index (χ3n) is 5.25. The fourth-order valence-electron chi connectivity index (χ4n) is 3.72. The van der Waals surface area contributed by atoms with Crippen LogP contribution < -0.4 is 0 Å². The minimum atomic E-state index is -0.845. The van der Waals surface area contributed by atoms with Gasteiger partial charge in [-0.05, 0) is 36.7 Å². The first-order valence-electron chi connectivity index (χ1n) is 9.19. The zero-order valence-electron chi connectivity index (χ0n) is 16.3. The number of halogens is 1. The summed E-state index contributed by atoms with van der Waals surface area (Å²) in [5.74, 6) is -0.0837. The Morgan fingerprint density at radius 1 is 1.15 bits per heavy atom. The smallest absolute Gasteiger partial charge is 0.327 e. The standard InChI is InChI=1S/C20H27BrN4O2/c1-20(2,3)25-12-10-24(11-13-25)16(19(26)27)15-17(21)22-18(23(15)4)14-8-6-5-7-9-14/h5-9,16H,10-13H2,1-4H3,(H,26,27). The summed E-state index contributed by atoms with van der Waals surface area (Å²) in [6, 6.07) is 9.11. The van der Waals surface area contributed by atoms with Crippen molar-refractivity contribution in [3.63, 3.8) is 0 Å². The van der Waals surface area contributed by atoms with Gasteiger partial charge in [-0.2, -0.15) is 0 Å². The molecule has 2 aromatic rings. The topological polar surface area (TPSA) is 61.6 Å². The zero-order chi connectivity index (χ0) is 19.8. The van der Waals surface area contributed by atoms with Gasteiger partial charge in [0.05, 0.1) is 5.69 Å². The predicted octanol–water partition coefficient (Wildman–Crippen LogP) is 3.39. The van der Waals surface area contributed by atoms with Crippen LogP contribution in [0.2, 0.25) is 0 Å². The lowest BCUT2D eigenvalue weighted by Gasteiger charge is -2.43. The highest BCUT2D eigenvalue weighted by Gasteiger charge is 2.36. The van der Waals surface area contributed by atoms with Crippen LogP contribution in [0.1, 0.15) is 32.5 Å². The molecule has 1 aliphatic heterocycles. The minimum Gasteiger partial charge on any atom is -0.480 e. The van der Waals surface area contributed by atoms with Gasteiger partial charge in [0.1, 0.15) is 10.4 Å². The van der Waals surface area contributed by atoms with E-state index in [2.05, 4.69) is 46.6 Å². The molecule has 3 rings (SSSR count). The first-order chi connectivity index (χ1) is 12.7. The maximum atomic E-state index is 12.2. The van der Waals surface area contributed by atoms with Crippen LogP contribution in [0.4, 0.5) is 0 Å². The van der Waals surface area contributed by atoms with Gasteiger partial charge in [-0.15, -0.1) is 0 Å². The maximum absolute atomic E-state index is 12.2. The monoisotopic (exact) mass is 434 g/mol. The molecule has 146 valence electrons. The average molecular weight is 435 g/mol. The molecule has 1 aromatic heterocycles. The van der Waals surface area contributed by atoms with Crippen LogP contribution in [0.25, 0.3) is 11.4 Å². The quantitative estimate of drug-likeness (QED) is 0.798. The second-order valence-electron chi connectivity index (χ2n) is 7.97. The number of hydrogen-bond acceptors (Lipinski definition) is 4. The molecule has 27 heavy (non-hydrogen) atoms. The van der Waals surface area contributed by atoms with Crippen LogP contribution in [0.15, 0.2) is 34.9 Å². The van der Waals surface area contributed by atoms with Crippen molar-refractivity contribution in [1.82, 2.24) is 19.4 Å². The summed E-state index contributed by atoms with van der Waals surface area (Å²) in [5.41, 5.74) is 1.75. The van der Waals surface area contributed by atoms with Crippen LogP contribution >= 0.6 is 15.9 Å². The summed E-state index contributed by atoms with van der Waals surface area (Å²) in [5, 5.41) is 10.0. The molecule has 0 spiro atoms. The number of carbonyl (C=O) groups is 1. The Balaban J connectivity index is 1.91. The number of hydrogen-bond donors (Lipinski definition) is 1. The molecule has 0 aliphatic carbocycles. The Morgan fingerprint density at radius 3 is 2.26 bits per heavy atom. The fraction of sp³-hybridized carbons (Fsp3) is 0.500. The first kappa shape index (κ1) is 20.0. The van der Waals surface area contributed by atoms with Crippen molar-refractivity contribution in [2.45, 2.75) is 32.4 Å². The number of rotatable bonds is 4. The van der Waals surface area contributed by atoms with Crippen molar-refractivity contribution >= 4 is 21.9 Å². The summed E-state index contributed by atoms with van der Waals surface area (Å²) in [7, 11) is 1.89. The van der Waals surface area contributed by atoms with Gasteiger partial charge in [0.15, 0.2) is 6.04 Å². The molecule has 0 bridgehead atoms. The SMILES string of the molecule is Cn1c(-c2ccccc2)nc(Br)c1C(C(=O)O)N1CCN(C(C)(C)C)CC1. The molecule has 1 aliphatic rings. The number of benzene rings is 1. The van der Waals surface area contributed by atoms with E-state index in [1.54, 1.807) is 0 Å². The molecule has 7 heteroatoms. The predicted molar refractivity (Wildman–Crippen MR) is 110 cm³/mol. The van der Waals surface area contributed by atoms with E-state index in [1.165, 1.54) is 0 Å². The molecule has 1 N–H and O–H groups in total. The number of imidazole rings is 1. The number of carboxylic acid groups (broad SMARTS) is 1. The van der Waals surface area contributed by atoms with Crippen molar-refractivity contribution in [3.05, 3.63) is 40.6 Å². The lowest BCUT2D eigenvalue weighted by atomic mass is 10.0. The van der Waals surface area contributed by atoms with Gasteiger partial charge in [0.2, 0.25) is 0 Å². The highest BCUT2D eigenvalue weighted by Crippen LogP contribution is 2.33. The van der Waals surface area contributed by atoms with E-state index in [4.69, 9.17) is 0 Å². The molecule has 1 atom stereocenters. The summed E-state index contributed by atoms with van der Waals surface area (Å²) in [4.78, 5) is 21.3. The van der Waals surface area contributed by atoms with Gasteiger partial charge in [-0.25, -0.2) is 4.98 Å². The molecule has 1 unspecified atom stereocenters. The molecular formula is C20H27BrN4O2. The number of aromatic nitrogens is 2. The number of carboxylic acids is 1. The van der Waals surface area contributed by atoms with Gasteiger partial charge in [0.25, 0.3) is 0 Å². The second kappa shape index (κ2) is 7.73. The van der Waals surface area contributed by atoms with Crippen LogP contribution in [0, 0.1) is 0 Å². The normalized spacial score (nSPS) is 17.8. The molecular weight excluding hydrogens is 408 g/mol. The lowest BCUT2D eigenvalue weighted by molar-refractivity contribution is -0.145. The van der Waals surface area contributed by atoms with Crippen LogP contribution in [0.3, 0.4) is 0 Å². The first-order valence-corrected chi connectivity index (χ1v) is 9.99. The van der Waals surface area contributed by atoms with E-state index >= 15 is 0 Å². The summed E-state index contributed by atoms with van der Waals surface area (Å²) in [6.07, 6.45) is 0. The summed E-state index contributed by atoms with van der Waals surface area (Å²) < 4.78 is 2.49. The van der Waals surface area contributed by atoms with Crippen molar-refractivity contribution in [2.24, 2.45) is 7.05 Å². The van der Waals surface area contributed by atoms with Gasteiger partial charge >= 0.3 is 5.97 Å². The lowest BCUT2D eigenvalue weighted by Crippen LogP contribution is -2.55. The largest absolute Gasteiger partial charge is 0.480 e. The van der Waals surface area contributed by atoms with E-state index in [0.717, 1.165) is 24.5 Å². The van der Waals surface area contributed by atoms with E-state index < -0.39 is 12.0 Å². The third-order valence-corrected chi connectivity index (χ3v) is 5.83. The Labute approximate surface area is 168 Å². The van der Waals surface area contributed by atoms with Crippen LogP contribution in [-0.4, -0.2) is 62.1 Å². The maximum Gasteiger partial charge on any atom is 0.327 e. The zero-order valence-corrected chi connectivity index (χ0v) is 17.9. The van der Waals surface area contributed by atoms with Gasteiger partial charge in [-0.1, -0.05) is 30.3 Å². The van der Waals surface area contributed by atoms with E-state index in [1.807, 2.05) is 46.8 Å². The third kappa shape index (κ3) is 4.10. The van der Waals surface area contributed by atoms with Crippen LogP contribution in [-0.2, 0) is 11.8 Å². The van der Waals surface area contributed by atoms with Gasteiger partial charge in [-0.3, -0.25) is 14.6 Å². The Hall–Kier alpha value is -1.70. The van der Waals surface area contributed by atoms with E-state index in [0.29, 0.717) is 23.4 Å². The minimum absolute atomic E-state index is 0.0956. The summed E-state index contributed by atoms with van der Waals surface area (Å²) in [6.45, 7) is 9.73. The molecule has 0 radical (unpaired) electrons. The van der Waals surface area contributed by atoms with Crippen molar-refractivity contribution in [3.8, 4) is 11.4 Å². The van der Waals surface area contributed by atoms with E-state index in [9.17, 15) is 9.90 Å². The van der Waals surface area contributed by atoms with Crippen molar-refractivity contribution in [2.75, 3.05) is 26.2 Å². The molecule has 1 saturated heterocycles. The molecule has 1 fully saturated rings. The number of piperazine rings is 1. The Kier molecular flexibility index (Phi) is 5.74. The molecule has 2 heterocycles. The Morgan fingerprint density at radius 2 is 1.74 bits per heavy atom. The fourth-order valence-corrected chi connectivity index (χ4v) is 4.37. The molecule has 1 aromatic carbocycles. The number of aliphatic carboxylic acids is 1. The van der Waals surface area contributed by atoms with E-state index in [-0.39, 0.29) is 5.54 Å². The highest BCUT2D eigenvalue weighted by atomic mass is 79.9. The molecule has 0 amide bonds. The van der Waals surface area contributed by atoms with Gasteiger partial charge < -0.3 is 9.67 Å². The Bertz CT molecular complexity index is 805. The van der Waals surface area contributed by atoms with Crippen LogP contribution in [0.5, 0.6) is 0 Å². The molecule has 0 saturated carbocycles. The summed E-state index contributed by atoms with van der Waals surface area (Å²) >= 11 is 3.51. The average Bonchev–Trinajstić information content (AvgIpc) is 2.91. The highest BCUT2D eigenvalue weighted by molar-refractivity contribution is 9.10.